The highest BCUT2D eigenvalue weighted by Gasteiger charge is 2.38. The van der Waals surface area contributed by atoms with Crippen molar-refractivity contribution < 1.29 is 18.0 Å². The van der Waals surface area contributed by atoms with E-state index in [-0.39, 0.29) is 35.3 Å². The van der Waals surface area contributed by atoms with E-state index in [1.165, 1.54) is 28.8 Å². The molecule has 0 spiro atoms. The number of benzene rings is 1. The lowest BCUT2D eigenvalue weighted by Gasteiger charge is -2.46. The lowest BCUT2D eigenvalue weighted by atomic mass is 9.91. The predicted molar refractivity (Wildman–Crippen MR) is 145 cm³/mol. The fraction of sp³-hybridized carbons (Fsp3) is 0.483. The third-order valence-electron chi connectivity index (χ3n) is 7.88. The first-order valence-electron chi connectivity index (χ1n) is 13.8. The number of amides is 2. The largest absolute Gasteiger partial charge is 0.322 e. The maximum Gasteiger partial charge on any atom is 0.320 e. The molecule has 4 heterocycles. The topological polar surface area (TPSA) is 73.2 Å². The van der Waals surface area contributed by atoms with Crippen molar-refractivity contribution >= 4 is 11.7 Å². The van der Waals surface area contributed by atoms with Crippen LogP contribution in [0, 0.1) is 17.5 Å². The number of nitrogens with zero attached hydrogens (tertiary/aromatic N) is 5. The number of likely N-dealkylation sites (tertiary alicyclic amines) is 1. The first-order chi connectivity index (χ1) is 19.1. The summed E-state index contributed by atoms with van der Waals surface area (Å²) in [6.45, 7) is 8.15. The van der Waals surface area contributed by atoms with Crippen LogP contribution < -0.4 is 10.9 Å². The zero-order valence-corrected chi connectivity index (χ0v) is 23.0. The molecule has 2 amide bonds. The Morgan fingerprint density at radius 3 is 2.62 bits per heavy atom. The standard InChI is InChI=1S/C29H35F3N6O2/c1-18(2)34-23-8-9-37(26(13-23)24-12-21(30)4-6-25(24)32)29(40)36-11-10-35(19(3)15-36)16-20-14-33-27-7-5-22(31)17-38(27)28(20)39/h4-7,12,14,17-19,23,26,34H,8-11,13,15-16H2,1-3H3/t19-,23-,26+/m1/s1. The highest BCUT2D eigenvalue weighted by Crippen LogP contribution is 2.34. The average molecular weight is 557 g/mol. The fourth-order valence-electron chi connectivity index (χ4n) is 5.88. The smallest absolute Gasteiger partial charge is 0.320 e. The van der Waals surface area contributed by atoms with E-state index in [9.17, 15) is 22.8 Å². The molecule has 2 fully saturated rings. The molecule has 11 heteroatoms. The molecule has 0 saturated carbocycles. The Labute approximate surface area is 231 Å². The van der Waals surface area contributed by atoms with Crippen LogP contribution in [0.15, 0.2) is 47.5 Å². The molecule has 0 bridgehead atoms. The molecule has 0 aliphatic carbocycles. The van der Waals surface area contributed by atoms with Crippen molar-refractivity contribution in [3.8, 4) is 0 Å². The number of aromatic nitrogens is 2. The summed E-state index contributed by atoms with van der Waals surface area (Å²) in [6.07, 6.45) is 3.85. The van der Waals surface area contributed by atoms with Gasteiger partial charge in [-0.05, 0) is 50.1 Å². The van der Waals surface area contributed by atoms with Crippen molar-refractivity contribution in [2.24, 2.45) is 0 Å². The summed E-state index contributed by atoms with van der Waals surface area (Å²) in [5.74, 6) is -1.58. The van der Waals surface area contributed by atoms with E-state index in [1.807, 2.05) is 20.8 Å². The van der Waals surface area contributed by atoms with Crippen molar-refractivity contribution in [2.45, 2.75) is 64.3 Å². The van der Waals surface area contributed by atoms with Gasteiger partial charge in [0, 0.05) is 68.8 Å². The Morgan fingerprint density at radius 2 is 1.88 bits per heavy atom. The van der Waals surface area contributed by atoms with Crippen LogP contribution in [0.4, 0.5) is 18.0 Å². The van der Waals surface area contributed by atoms with Gasteiger partial charge in [0.15, 0.2) is 0 Å². The minimum absolute atomic E-state index is 0.0743. The number of fused-ring (bicyclic) bond motifs is 1. The van der Waals surface area contributed by atoms with Crippen LogP contribution >= 0.6 is 0 Å². The van der Waals surface area contributed by atoms with Gasteiger partial charge in [0.05, 0.1) is 11.6 Å². The molecule has 2 aliphatic rings. The minimum Gasteiger partial charge on any atom is -0.322 e. The molecular weight excluding hydrogens is 521 g/mol. The number of piperidine rings is 1. The van der Waals surface area contributed by atoms with Crippen LogP contribution in [0.3, 0.4) is 0 Å². The Kier molecular flexibility index (Phi) is 8.14. The number of rotatable bonds is 5. The van der Waals surface area contributed by atoms with E-state index in [0.717, 1.165) is 18.3 Å². The number of carbonyl (C=O) groups is 1. The van der Waals surface area contributed by atoms with Crippen LogP contribution in [0.5, 0.6) is 0 Å². The van der Waals surface area contributed by atoms with E-state index < -0.39 is 23.5 Å². The van der Waals surface area contributed by atoms with Crippen molar-refractivity contribution in [3.05, 3.63) is 81.7 Å². The number of carbonyl (C=O) groups excluding carboxylic acids is 1. The maximum absolute atomic E-state index is 14.9. The number of halogens is 3. The Bertz CT molecular complexity index is 1450. The van der Waals surface area contributed by atoms with Crippen molar-refractivity contribution in [2.75, 3.05) is 26.2 Å². The second kappa shape index (κ2) is 11.6. The zero-order valence-electron chi connectivity index (χ0n) is 23.0. The number of nitrogens with one attached hydrogen (secondary N) is 1. The number of urea groups is 1. The van der Waals surface area contributed by atoms with E-state index in [2.05, 4.69) is 15.2 Å². The van der Waals surface area contributed by atoms with Crippen LogP contribution in [0.2, 0.25) is 0 Å². The number of hydrogen-bond acceptors (Lipinski definition) is 5. The number of pyridine rings is 1. The third kappa shape index (κ3) is 5.85. The van der Waals surface area contributed by atoms with Gasteiger partial charge in [0.1, 0.15) is 23.1 Å². The summed E-state index contributed by atoms with van der Waals surface area (Å²) in [6, 6.07) is 5.55. The van der Waals surface area contributed by atoms with Gasteiger partial charge in [0.2, 0.25) is 0 Å². The molecule has 214 valence electrons. The molecule has 0 radical (unpaired) electrons. The van der Waals surface area contributed by atoms with Crippen molar-refractivity contribution in [3.63, 3.8) is 0 Å². The summed E-state index contributed by atoms with van der Waals surface area (Å²) in [5.41, 5.74) is 0.676. The highest BCUT2D eigenvalue weighted by molar-refractivity contribution is 5.75. The predicted octanol–water partition coefficient (Wildman–Crippen LogP) is 3.94. The maximum atomic E-state index is 14.9. The molecule has 2 aromatic heterocycles. The molecule has 1 N–H and O–H groups in total. The lowest BCUT2D eigenvalue weighted by Crippen LogP contribution is -2.58. The van der Waals surface area contributed by atoms with Gasteiger partial charge >= 0.3 is 6.03 Å². The Hall–Kier alpha value is -3.44. The van der Waals surface area contributed by atoms with Gasteiger partial charge in [-0.1, -0.05) is 13.8 Å². The van der Waals surface area contributed by atoms with Crippen LogP contribution in [-0.2, 0) is 6.54 Å². The summed E-state index contributed by atoms with van der Waals surface area (Å²) in [5, 5.41) is 3.48. The molecule has 3 aromatic rings. The zero-order chi connectivity index (χ0) is 28.6. The van der Waals surface area contributed by atoms with Crippen LogP contribution in [-0.4, -0.2) is 74.4 Å². The molecule has 40 heavy (non-hydrogen) atoms. The molecule has 1 aromatic carbocycles. The number of hydrogen-bond donors (Lipinski definition) is 1. The second-order valence-corrected chi connectivity index (χ2v) is 11.1. The molecule has 2 aliphatic heterocycles. The van der Waals surface area contributed by atoms with Gasteiger partial charge in [-0.15, -0.1) is 0 Å². The normalized spacial score (nSPS) is 22.3. The van der Waals surface area contributed by atoms with Gasteiger partial charge < -0.3 is 15.1 Å². The summed E-state index contributed by atoms with van der Waals surface area (Å²) >= 11 is 0. The monoisotopic (exact) mass is 556 g/mol. The van der Waals surface area contributed by atoms with E-state index >= 15 is 0 Å². The molecule has 3 atom stereocenters. The second-order valence-electron chi connectivity index (χ2n) is 11.1. The van der Waals surface area contributed by atoms with Crippen LogP contribution in [0.1, 0.15) is 50.8 Å². The van der Waals surface area contributed by atoms with Crippen LogP contribution in [0.25, 0.3) is 5.65 Å². The van der Waals surface area contributed by atoms with Gasteiger partial charge in [-0.2, -0.15) is 0 Å². The molecule has 5 rings (SSSR count). The van der Waals surface area contributed by atoms with Gasteiger partial charge in [-0.25, -0.2) is 22.9 Å². The summed E-state index contributed by atoms with van der Waals surface area (Å²) in [7, 11) is 0. The third-order valence-corrected chi connectivity index (χ3v) is 7.88. The Morgan fingerprint density at radius 1 is 1.10 bits per heavy atom. The summed E-state index contributed by atoms with van der Waals surface area (Å²) in [4.78, 5) is 36.6. The molecule has 2 saturated heterocycles. The minimum atomic E-state index is -0.592. The first-order valence-corrected chi connectivity index (χ1v) is 13.8. The highest BCUT2D eigenvalue weighted by atomic mass is 19.1. The Balaban J connectivity index is 1.31. The average Bonchev–Trinajstić information content (AvgIpc) is 2.92. The lowest BCUT2D eigenvalue weighted by molar-refractivity contribution is 0.0580. The fourth-order valence-corrected chi connectivity index (χ4v) is 5.88. The van der Waals surface area contributed by atoms with Crippen molar-refractivity contribution in [1.82, 2.24) is 29.4 Å². The quantitative estimate of drug-likeness (QED) is 0.516. The number of piperazine rings is 1. The van der Waals surface area contributed by atoms with E-state index in [1.54, 1.807) is 9.80 Å². The van der Waals surface area contributed by atoms with Gasteiger partial charge in [0.25, 0.3) is 5.56 Å². The van der Waals surface area contributed by atoms with Gasteiger partial charge in [-0.3, -0.25) is 14.1 Å². The summed E-state index contributed by atoms with van der Waals surface area (Å²) < 4.78 is 44.0. The van der Waals surface area contributed by atoms with E-state index in [4.69, 9.17) is 0 Å². The molecule has 8 nitrogen and oxygen atoms in total. The molecular formula is C29H35F3N6O2. The first kappa shape index (κ1) is 28.1. The molecule has 0 unspecified atom stereocenters. The van der Waals surface area contributed by atoms with Crippen molar-refractivity contribution in [1.29, 1.82) is 0 Å². The van der Waals surface area contributed by atoms with E-state index in [0.29, 0.717) is 56.8 Å². The SMILES string of the molecule is CC(C)N[C@@H]1CCN(C(=O)N2CCN(Cc3cnc4ccc(F)cn4c3=O)[C@H](C)C2)[C@H](c2cc(F)ccc2F)C1.